The van der Waals surface area contributed by atoms with E-state index in [1.807, 2.05) is 0 Å². The van der Waals surface area contributed by atoms with Crippen LogP contribution in [0.3, 0.4) is 0 Å². The second kappa shape index (κ2) is 9.27. The molecule has 168 valence electrons. The van der Waals surface area contributed by atoms with Crippen LogP contribution in [-0.2, 0) is 20.0 Å². The zero-order valence-electron chi connectivity index (χ0n) is 17.1. The van der Waals surface area contributed by atoms with Crippen molar-refractivity contribution in [3.63, 3.8) is 0 Å². The lowest BCUT2D eigenvalue weighted by molar-refractivity contribution is 0.599. The van der Waals surface area contributed by atoms with E-state index in [1.54, 1.807) is 60.7 Å². The van der Waals surface area contributed by atoms with E-state index in [-0.39, 0.29) is 21.4 Å². The number of pyridine rings is 2. The molecule has 2 aromatic heterocycles. The van der Waals surface area contributed by atoms with Crippen molar-refractivity contribution < 1.29 is 16.8 Å². The summed E-state index contributed by atoms with van der Waals surface area (Å²) in [6.07, 6.45) is 2.99. The second-order valence-corrected chi connectivity index (χ2v) is 10.2. The second-order valence-electron chi connectivity index (χ2n) is 6.81. The molecular formula is C22H19N5O4S2. The molecule has 0 unspecified atom stereocenters. The smallest absolute Gasteiger partial charge is 0.263 e. The molecule has 2 heterocycles. The summed E-state index contributed by atoms with van der Waals surface area (Å²) in [6.45, 7) is 0. The Morgan fingerprint density at radius 2 is 0.909 bits per heavy atom. The molecule has 0 radical (unpaired) electrons. The monoisotopic (exact) mass is 481 g/mol. The molecule has 0 saturated carbocycles. The quantitative estimate of drug-likeness (QED) is 0.349. The number of nitrogens with one attached hydrogen (secondary N) is 3. The molecule has 0 amide bonds. The van der Waals surface area contributed by atoms with Crippen molar-refractivity contribution in [2.24, 2.45) is 0 Å². The fourth-order valence-electron chi connectivity index (χ4n) is 2.84. The molecule has 0 fully saturated rings. The summed E-state index contributed by atoms with van der Waals surface area (Å²) >= 11 is 0. The number of rotatable bonds is 8. The van der Waals surface area contributed by atoms with Crippen LogP contribution < -0.4 is 14.8 Å². The molecule has 2 aromatic carbocycles. The van der Waals surface area contributed by atoms with Gasteiger partial charge in [-0.2, -0.15) is 0 Å². The molecule has 0 spiro atoms. The Bertz CT molecular complexity index is 1320. The van der Waals surface area contributed by atoms with Gasteiger partial charge in [0.25, 0.3) is 20.0 Å². The van der Waals surface area contributed by atoms with Gasteiger partial charge in [-0.25, -0.2) is 26.8 Å². The highest BCUT2D eigenvalue weighted by atomic mass is 32.2. The first-order valence-corrected chi connectivity index (χ1v) is 12.6. The van der Waals surface area contributed by atoms with E-state index in [1.165, 1.54) is 36.7 Å². The maximum absolute atomic E-state index is 12.5. The Labute approximate surface area is 191 Å². The van der Waals surface area contributed by atoms with E-state index in [0.717, 1.165) is 0 Å². The lowest BCUT2D eigenvalue weighted by atomic mass is 10.3. The molecule has 11 heteroatoms. The fourth-order valence-corrected chi connectivity index (χ4v) is 4.86. The molecule has 9 nitrogen and oxygen atoms in total. The maximum Gasteiger partial charge on any atom is 0.263 e. The maximum atomic E-state index is 12.5. The molecular weight excluding hydrogens is 462 g/mol. The van der Waals surface area contributed by atoms with E-state index in [0.29, 0.717) is 11.4 Å². The van der Waals surface area contributed by atoms with E-state index in [2.05, 4.69) is 24.7 Å². The Morgan fingerprint density at radius 1 is 0.515 bits per heavy atom. The highest BCUT2D eigenvalue weighted by molar-refractivity contribution is 7.93. The Hall–Kier alpha value is -3.96. The largest absolute Gasteiger partial charge is 0.356 e. The molecule has 0 saturated heterocycles. The van der Waals surface area contributed by atoms with Gasteiger partial charge < -0.3 is 5.32 Å². The standard InChI is InChI=1S/C22H19N5O4S2/c28-32(29,26-21-5-1-3-15-23-21)19-11-7-17(8-12-19)25-18-9-13-20(14-10-18)33(30,31)27-22-6-2-4-16-24-22/h1-16,25H,(H,23,26)(H,24,27). The van der Waals surface area contributed by atoms with E-state index >= 15 is 0 Å². The van der Waals surface area contributed by atoms with Crippen LogP contribution >= 0.6 is 0 Å². The lowest BCUT2D eigenvalue weighted by Gasteiger charge is -2.11. The van der Waals surface area contributed by atoms with Crippen molar-refractivity contribution in [3.8, 4) is 0 Å². The van der Waals surface area contributed by atoms with Crippen molar-refractivity contribution in [3.05, 3.63) is 97.3 Å². The number of nitrogens with zero attached hydrogens (tertiary/aromatic N) is 2. The number of aromatic nitrogens is 2. The average Bonchev–Trinajstić information content (AvgIpc) is 2.81. The SMILES string of the molecule is O=S(=O)(Nc1ccccn1)c1ccc(Nc2ccc(S(=O)(=O)Nc3ccccn3)cc2)cc1. The first kappa shape index (κ1) is 22.2. The van der Waals surface area contributed by atoms with Crippen LogP contribution in [0.25, 0.3) is 0 Å². The summed E-state index contributed by atoms with van der Waals surface area (Å²) in [7, 11) is -7.54. The van der Waals surface area contributed by atoms with Gasteiger partial charge in [-0.1, -0.05) is 12.1 Å². The van der Waals surface area contributed by atoms with Crippen LogP contribution in [0.15, 0.2) is 107 Å². The van der Waals surface area contributed by atoms with Crippen molar-refractivity contribution in [1.29, 1.82) is 0 Å². The summed E-state index contributed by atoms with van der Waals surface area (Å²) in [6, 6.07) is 22.2. The first-order valence-electron chi connectivity index (χ1n) is 9.67. The number of anilines is 4. The van der Waals surface area contributed by atoms with Gasteiger partial charge in [0.2, 0.25) is 0 Å². The molecule has 0 atom stereocenters. The molecule has 0 aliphatic rings. The molecule has 0 bridgehead atoms. The van der Waals surface area contributed by atoms with Gasteiger partial charge in [-0.05, 0) is 72.8 Å². The minimum absolute atomic E-state index is 0.0840. The van der Waals surface area contributed by atoms with Crippen molar-refractivity contribution >= 4 is 43.1 Å². The van der Waals surface area contributed by atoms with Gasteiger partial charge in [0.15, 0.2) is 0 Å². The van der Waals surface area contributed by atoms with E-state index in [4.69, 9.17) is 0 Å². The minimum atomic E-state index is -3.77. The van der Waals surface area contributed by atoms with Crippen molar-refractivity contribution in [1.82, 2.24) is 9.97 Å². The summed E-state index contributed by atoms with van der Waals surface area (Å²) in [5.74, 6) is 0.458. The van der Waals surface area contributed by atoms with Gasteiger partial charge >= 0.3 is 0 Å². The molecule has 33 heavy (non-hydrogen) atoms. The normalized spacial score (nSPS) is 11.5. The summed E-state index contributed by atoms with van der Waals surface area (Å²) in [5.41, 5.74) is 1.27. The van der Waals surface area contributed by atoms with Crippen molar-refractivity contribution in [2.75, 3.05) is 14.8 Å². The van der Waals surface area contributed by atoms with Crippen LogP contribution in [0.4, 0.5) is 23.0 Å². The minimum Gasteiger partial charge on any atom is -0.356 e. The third-order valence-corrected chi connectivity index (χ3v) is 7.17. The topological polar surface area (TPSA) is 130 Å². The molecule has 4 aromatic rings. The Morgan fingerprint density at radius 3 is 1.24 bits per heavy atom. The zero-order valence-corrected chi connectivity index (χ0v) is 18.7. The first-order chi connectivity index (χ1) is 15.8. The predicted octanol–water partition coefficient (Wildman–Crippen LogP) is 3.82. The van der Waals surface area contributed by atoms with Crippen LogP contribution in [0.1, 0.15) is 0 Å². The van der Waals surface area contributed by atoms with Crippen LogP contribution in [0, 0.1) is 0 Å². The number of benzene rings is 2. The molecule has 0 aliphatic heterocycles. The molecule has 0 aliphatic carbocycles. The van der Waals surface area contributed by atoms with Crippen molar-refractivity contribution in [2.45, 2.75) is 9.79 Å². The van der Waals surface area contributed by atoms with Gasteiger partial charge in [0.1, 0.15) is 11.6 Å². The zero-order chi connectivity index (χ0) is 23.3. The highest BCUT2D eigenvalue weighted by Crippen LogP contribution is 2.22. The molecule has 3 N–H and O–H groups in total. The highest BCUT2D eigenvalue weighted by Gasteiger charge is 2.16. The lowest BCUT2D eigenvalue weighted by Crippen LogP contribution is -2.13. The number of hydrogen-bond donors (Lipinski definition) is 3. The van der Waals surface area contributed by atoms with Crippen LogP contribution in [0.5, 0.6) is 0 Å². The summed E-state index contributed by atoms with van der Waals surface area (Å²) in [4.78, 5) is 8.08. The third kappa shape index (κ3) is 5.64. The Balaban J connectivity index is 1.43. The van der Waals surface area contributed by atoms with Crippen LogP contribution in [-0.4, -0.2) is 26.8 Å². The van der Waals surface area contributed by atoms with Gasteiger partial charge in [0, 0.05) is 23.8 Å². The van der Waals surface area contributed by atoms with E-state index in [9.17, 15) is 16.8 Å². The molecule has 4 rings (SSSR count). The predicted molar refractivity (Wildman–Crippen MR) is 126 cm³/mol. The van der Waals surface area contributed by atoms with Gasteiger partial charge in [0.05, 0.1) is 9.79 Å². The third-order valence-electron chi connectivity index (χ3n) is 4.43. The van der Waals surface area contributed by atoms with Gasteiger partial charge in [-0.3, -0.25) is 9.44 Å². The summed E-state index contributed by atoms with van der Waals surface area (Å²) < 4.78 is 54.8. The van der Waals surface area contributed by atoms with E-state index < -0.39 is 20.0 Å². The Kier molecular flexibility index (Phi) is 6.24. The van der Waals surface area contributed by atoms with Crippen LogP contribution in [0.2, 0.25) is 0 Å². The average molecular weight is 482 g/mol. The fraction of sp³-hybridized carbons (Fsp3) is 0. The van der Waals surface area contributed by atoms with Gasteiger partial charge in [-0.15, -0.1) is 0 Å². The number of hydrogen-bond acceptors (Lipinski definition) is 7. The number of sulfonamides is 2. The summed E-state index contributed by atoms with van der Waals surface area (Å²) in [5, 5.41) is 3.11.